The molecule has 11 heteroatoms. The molecule has 0 amide bonds. The van der Waals surface area contributed by atoms with Crippen LogP contribution >= 0.6 is 23.5 Å². The van der Waals surface area contributed by atoms with Crippen molar-refractivity contribution in [2.45, 2.75) is 44.9 Å². The molecule has 0 spiro atoms. The number of aromatic nitrogens is 2. The number of nitrogens with one attached hydrogen (secondary N) is 3. The van der Waals surface area contributed by atoms with Crippen molar-refractivity contribution in [2.75, 3.05) is 0 Å². The van der Waals surface area contributed by atoms with Crippen LogP contribution in [0.4, 0.5) is 0 Å². The quantitative estimate of drug-likeness (QED) is 0.180. The fourth-order valence-corrected chi connectivity index (χ4v) is 3.98. The highest BCUT2D eigenvalue weighted by Gasteiger charge is 2.09. The molecule has 0 aliphatic carbocycles. The van der Waals surface area contributed by atoms with Crippen molar-refractivity contribution in [3.05, 3.63) is 53.9 Å². The zero-order chi connectivity index (χ0) is 22.6. The first-order valence-corrected chi connectivity index (χ1v) is 11.4. The Labute approximate surface area is 190 Å². The number of benzene rings is 1. The van der Waals surface area contributed by atoms with Crippen LogP contribution in [0.15, 0.2) is 47.7 Å². The zero-order valence-corrected chi connectivity index (χ0v) is 18.8. The minimum Gasteiger partial charge on any atom is -0.378 e. The Morgan fingerprint density at radius 2 is 1.74 bits per heavy atom. The van der Waals surface area contributed by atoms with E-state index in [1.54, 1.807) is 6.20 Å². The topological polar surface area (TPSA) is 174 Å². The van der Waals surface area contributed by atoms with E-state index in [1.165, 1.54) is 0 Å². The van der Waals surface area contributed by atoms with Gasteiger partial charge in [-0.25, -0.2) is 4.99 Å². The third-order valence-electron chi connectivity index (χ3n) is 4.11. The fraction of sp³-hybridized carbons (Fsp3) is 0.350. The molecule has 166 valence electrons. The molecule has 2 aromatic rings. The van der Waals surface area contributed by atoms with Gasteiger partial charge in [0.05, 0.1) is 16.6 Å². The summed E-state index contributed by atoms with van der Waals surface area (Å²) in [5, 5.41) is 38.0. The van der Waals surface area contributed by atoms with Gasteiger partial charge >= 0.3 is 0 Å². The van der Waals surface area contributed by atoms with E-state index in [1.807, 2.05) is 41.2 Å². The molecule has 0 saturated carbocycles. The number of aliphatic imine (C=N–C) groups is 1. The molecule has 31 heavy (non-hydrogen) atoms. The first-order chi connectivity index (χ1) is 14.8. The predicted octanol–water partition coefficient (Wildman–Crippen LogP) is 2.98. The van der Waals surface area contributed by atoms with Gasteiger partial charge in [0.2, 0.25) is 0 Å². The summed E-state index contributed by atoms with van der Waals surface area (Å²) in [5.74, 6) is 0. The van der Waals surface area contributed by atoms with Crippen molar-refractivity contribution in [1.82, 2.24) is 9.78 Å². The molecule has 0 radical (unpaired) electrons. The van der Waals surface area contributed by atoms with E-state index < -0.39 is 6.23 Å². The Morgan fingerprint density at radius 3 is 2.39 bits per heavy atom. The number of thioether (sulfide) groups is 2. The van der Waals surface area contributed by atoms with Gasteiger partial charge in [0.15, 0.2) is 16.6 Å². The summed E-state index contributed by atoms with van der Waals surface area (Å²) in [4.78, 5) is 4.09. The van der Waals surface area contributed by atoms with Crippen molar-refractivity contribution >= 4 is 43.9 Å². The summed E-state index contributed by atoms with van der Waals surface area (Å²) < 4.78 is 1.83. The van der Waals surface area contributed by atoms with Gasteiger partial charge in [0.25, 0.3) is 0 Å². The number of rotatable bonds is 10. The standard InChI is InChI=1S/C20H28N8OS2/c21-16(30-19(23)24)7-1-2-8-17(22)31-20(25)27-18(29)12-14-5-3-6-15(11-14)13-28-10-4-9-26-28/h3-6,9-11,18,21-22,29H,1-2,7-8,12-13H2,(H3,23,24)(H2,25,27). The maximum atomic E-state index is 10.3. The summed E-state index contributed by atoms with van der Waals surface area (Å²) in [7, 11) is 0. The van der Waals surface area contributed by atoms with Gasteiger partial charge in [-0.15, -0.1) is 0 Å². The maximum Gasteiger partial charge on any atom is 0.162 e. The van der Waals surface area contributed by atoms with Crippen LogP contribution in [0.25, 0.3) is 0 Å². The highest BCUT2D eigenvalue weighted by molar-refractivity contribution is 8.26. The van der Waals surface area contributed by atoms with E-state index in [0.29, 0.717) is 35.9 Å². The Kier molecular flexibility index (Phi) is 10.3. The molecule has 0 bridgehead atoms. The van der Waals surface area contributed by atoms with Gasteiger partial charge in [-0.2, -0.15) is 5.10 Å². The van der Waals surface area contributed by atoms with Crippen LogP contribution in [0, 0.1) is 16.2 Å². The van der Waals surface area contributed by atoms with Crippen LogP contribution in [0.1, 0.15) is 36.8 Å². The summed E-state index contributed by atoms with van der Waals surface area (Å²) >= 11 is 1.99. The van der Waals surface area contributed by atoms with E-state index >= 15 is 0 Å². The van der Waals surface area contributed by atoms with Gasteiger partial charge in [0, 0.05) is 18.8 Å². The molecule has 1 heterocycles. The summed E-state index contributed by atoms with van der Waals surface area (Å²) in [6, 6.07) is 9.76. The third-order valence-corrected chi connectivity index (χ3v) is 5.54. The second-order valence-electron chi connectivity index (χ2n) is 6.80. The third kappa shape index (κ3) is 10.3. The van der Waals surface area contributed by atoms with Crippen molar-refractivity contribution < 1.29 is 5.11 Å². The number of unbranched alkanes of at least 4 members (excludes halogenated alkanes) is 1. The number of nitrogens with two attached hydrogens (primary N) is 2. The first kappa shape index (κ1) is 24.6. The lowest BCUT2D eigenvalue weighted by Gasteiger charge is -2.10. The number of amidine groups is 2. The van der Waals surface area contributed by atoms with Crippen LogP contribution in [0.5, 0.6) is 0 Å². The van der Waals surface area contributed by atoms with Crippen molar-refractivity contribution in [3.8, 4) is 0 Å². The molecule has 2 rings (SSSR count). The molecule has 8 N–H and O–H groups in total. The van der Waals surface area contributed by atoms with E-state index in [-0.39, 0.29) is 10.3 Å². The molecule has 0 aliphatic rings. The lowest BCUT2D eigenvalue weighted by atomic mass is 10.1. The zero-order valence-electron chi connectivity index (χ0n) is 17.1. The normalized spacial score (nSPS) is 12.5. The number of aliphatic hydroxyl groups excluding tert-OH is 1. The van der Waals surface area contributed by atoms with Crippen LogP contribution in [0.2, 0.25) is 0 Å². The predicted molar refractivity (Wildman–Crippen MR) is 130 cm³/mol. The van der Waals surface area contributed by atoms with Gasteiger partial charge in [-0.3, -0.25) is 20.9 Å². The molecule has 0 fully saturated rings. The van der Waals surface area contributed by atoms with E-state index in [2.05, 4.69) is 10.1 Å². The van der Waals surface area contributed by atoms with Crippen LogP contribution in [-0.4, -0.2) is 41.5 Å². The fourth-order valence-electron chi connectivity index (χ4n) is 2.80. The Balaban J connectivity index is 1.74. The number of aliphatic hydroxyl groups is 1. The lowest BCUT2D eigenvalue weighted by Crippen LogP contribution is -2.17. The van der Waals surface area contributed by atoms with Gasteiger partial charge in [-0.1, -0.05) is 24.3 Å². The molecule has 0 saturated heterocycles. The SMILES string of the molecule is N=C(N)SC(=N)CCCCC(=N)SC(N)=NC(O)Cc1cccc(Cn2cccn2)c1. The van der Waals surface area contributed by atoms with E-state index in [0.717, 1.165) is 47.5 Å². The van der Waals surface area contributed by atoms with Gasteiger partial charge < -0.3 is 16.6 Å². The molecule has 9 nitrogen and oxygen atoms in total. The maximum absolute atomic E-state index is 10.3. The Morgan fingerprint density at radius 1 is 1.06 bits per heavy atom. The minimum atomic E-state index is -0.982. The van der Waals surface area contributed by atoms with Crippen LogP contribution in [-0.2, 0) is 13.0 Å². The second kappa shape index (κ2) is 12.9. The van der Waals surface area contributed by atoms with Gasteiger partial charge in [0.1, 0.15) is 0 Å². The van der Waals surface area contributed by atoms with Crippen molar-refractivity contribution in [3.63, 3.8) is 0 Å². The van der Waals surface area contributed by atoms with Crippen LogP contribution in [0.3, 0.4) is 0 Å². The monoisotopic (exact) mass is 460 g/mol. The molecule has 1 atom stereocenters. The molecule has 1 aromatic heterocycles. The van der Waals surface area contributed by atoms with E-state index in [4.69, 9.17) is 27.7 Å². The van der Waals surface area contributed by atoms with Crippen molar-refractivity contribution in [2.24, 2.45) is 16.5 Å². The summed E-state index contributed by atoms with van der Waals surface area (Å²) in [6.07, 6.45) is 5.49. The summed E-state index contributed by atoms with van der Waals surface area (Å²) in [5.41, 5.74) is 13.1. The minimum absolute atomic E-state index is 0.0829. The van der Waals surface area contributed by atoms with Gasteiger partial charge in [-0.05, 0) is 66.4 Å². The average Bonchev–Trinajstić information content (AvgIpc) is 3.17. The molecular formula is C20H28N8OS2. The van der Waals surface area contributed by atoms with E-state index in [9.17, 15) is 5.11 Å². The van der Waals surface area contributed by atoms with Crippen molar-refractivity contribution in [1.29, 1.82) is 16.2 Å². The number of hydrogen-bond acceptors (Lipinski definition) is 8. The highest BCUT2D eigenvalue weighted by Crippen LogP contribution is 2.15. The Hall–Kier alpha value is -2.63. The second-order valence-corrected chi connectivity index (χ2v) is 9.05. The first-order valence-electron chi connectivity index (χ1n) is 9.73. The average molecular weight is 461 g/mol. The lowest BCUT2D eigenvalue weighted by molar-refractivity contribution is 0.185. The van der Waals surface area contributed by atoms with Crippen LogP contribution < -0.4 is 11.5 Å². The molecule has 1 unspecified atom stereocenters. The highest BCUT2D eigenvalue weighted by atomic mass is 32.2. The molecule has 1 aromatic carbocycles. The molecular weight excluding hydrogens is 432 g/mol. The number of hydrogen-bond donors (Lipinski definition) is 6. The summed E-state index contributed by atoms with van der Waals surface area (Å²) in [6.45, 7) is 0.655. The molecule has 0 aliphatic heterocycles. The smallest absolute Gasteiger partial charge is 0.162 e. The Bertz CT molecular complexity index is 914. The largest absolute Gasteiger partial charge is 0.378 e. The number of nitrogens with zero attached hydrogens (tertiary/aromatic N) is 3.